The van der Waals surface area contributed by atoms with Crippen LogP contribution >= 0.6 is 0 Å². The molecule has 6 aromatic rings. The zero-order chi connectivity index (χ0) is 52.9. The second-order valence-electron chi connectivity index (χ2n) is 15.8. The lowest BCUT2D eigenvalue weighted by molar-refractivity contribution is -0.388. The van der Waals surface area contributed by atoms with E-state index < -0.39 is 161 Å². The molecule has 2 aromatic heterocycles. The van der Waals surface area contributed by atoms with Gasteiger partial charge in [-0.1, -0.05) is 60.7 Å². The number of nitro benzene ring substituents is 4. The molecule has 0 radical (unpaired) electrons. The van der Waals surface area contributed by atoms with Crippen molar-refractivity contribution in [2.75, 3.05) is 26.2 Å². The van der Waals surface area contributed by atoms with E-state index in [0.717, 1.165) is 57.1 Å². The molecule has 0 unspecified atom stereocenters. The van der Waals surface area contributed by atoms with Gasteiger partial charge in [-0.15, -0.1) is 0 Å². The van der Waals surface area contributed by atoms with Crippen LogP contribution in [0.25, 0.3) is 0 Å². The average Bonchev–Trinajstić information content (AvgIpc) is 3.36. The van der Waals surface area contributed by atoms with Gasteiger partial charge >= 0.3 is 0 Å². The maximum absolute atomic E-state index is 14.7. The topological polar surface area (TPSA) is 348 Å². The first kappa shape index (κ1) is 53.2. The van der Waals surface area contributed by atoms with Crippen LogP contribution in [0.5, 0.6) is 0 Å². The first-order valence-corrected chi connectivity index (χ1v) is 27.1. The molecular weight excluding hydrogens is 1040 g/mol. The van der Waals surface area contributed by atoms with Crippen LogP contribution in [0.2, 0.25) is 0 Å². The molecule has 7 rings (SSSR count). The molecule has 0 amide bonds. The Morgan fingerprint density at radius 2 is 0.575 bits per heavy atom. The van der Waals surface area contributed by atoms with Crippen molar-refractivity contribution >= 4 is 62.8 Å². The van der Waals surface area contributed by atoms with Gasteiger partial charge in [0.25, 0.3) is 32.8 Å². The van der Waals surface area contributed by atoms with Crippen molar-refractivity contribution in [2.45, 2.75) is 52.2 Å². The van der Waals surface area contributed by atoms with Crippen LogP contribution in [0.3, 0.4) is 0 Å². The molecule has 1 aliphatic rings. The van der Waals surface area contributed by atoms with Gasteiger partial charge < -0.3 is 0 Å². The van der Waals surface area contributed by atoms with E-state index in [1.54, 1.807) is 0 Å². The molecule has 0 aliphatic carbocycles. The number of aromatic nitrogens is 2. The van der Waals surface area contributed by atoms with Crippen LogP contribution in [-0.4, -0.2) is 107 Å². The number of hydrogen-bond donors (Lipinski definition) is 0. The molecule has 1 aliphatic heterocycles. The van der Waals surface area contributed by atoms with Crippen LogP contribution < -0.4 is 0 Å². The molecule has 382 valence electrons. The largest absolute Gasteiger partial charge is 0.289 e. The summed E-state index contributed by atoms with van der Waals surface area (Å²) in [6, 6.07) is 25.6. The van der Waals surface area contributed by atoms with Crippen molar-refractivity contribution in [2.24, 2.45) is 0 Å². The van der Waals surface area contributed by atoms with Crippen molar-refractivity contribution in [3.8, 4) is 0 Å². The molecule has 0 saturated carbocycles. The van der Waals surface area contributed by atoms with Crippen molar-refractivity contribution in [1.29, 1.82) is 0 Å². The minimum atomic E-state index is -5.04. The van der Waals surface area contributed by atoms with E-state index >= 15 is 0 Å². The van der Waals surface area contributed by atoms with E-state index in [-0.39, 0.29) is 22.8 Å². The van der Waals surface area contributed by atoms with E-state index in [1.807, 2.05) is 0 Å². The highest BCUT2D eigenvalue weighted by molar-refractivity contribution is 7.90. The van der Waals surface area contributed by atoms with Gasteiger partial charge in [0.1, 0.15) is 0 Å². The lowest BCUT2D eigenvalue weighted by Crippen LogP contribution is -2.42. The predicted octanol–water partition coefficient (Wildman–Crippen LogP) is 4.98. The average molecular weight is 1080 g/mol. The Morgan fingerprint density at radius 3 is 0.904 bits per heavy atom. The summed E-state index contributed by atoms with van der Waals surface area (Å²) < 4.78 is 120. The number of sulfonamides is 4. The normalized spacial score (nSPS) is 15.6. The van der Waals surface area contributed by atoms with E-state index in [4.69, 9.17) is 0 Å². The number of hydrogen-bond acceptors (Lipinski definition) is 18. The molecular formula is C43H40N10O16S4. The second kappa shape index (κ2) is 21.6. The van der Waals surface area contributed by atoms with Crippen LogP contribution in [0.1, 0.15) is 29.2 Å². The number of nitrogens with zero attached hydrogens (tertiary/aromatic N) is 10. The van der Waals surface area contributed by atoms with Gasteiger partial charge in [0, 0.05) is 50.4 Å². The summed E-state index contributed by atoms with van der Waals surface area (Å²) in [6.07, 6.45) is -0.470. The summed E-state index contributed by atoms with van der Waals surface area (Å²) in [7, 11) is -19.9. The highest BCUT2D eigenvalue weighted by atomic mass is 32.2. The van der Waals surface area contributed by atoms with Crippen molar-refractivity contribution in [3.05, 3.63) is 197 Å². The summed E-state index contributed by atoms with van der Waals surface area (Å²) in [5.74, 6) is 0. The fourth-order valence-electron chi connectivity index (χ4n) is 7.79. The quantitative estimate of drug-likeness (QED) is 0.115. The first-order valence-electron chi connectivity index (χ1n) is 21.4. The predicted molar refractivity (Wildman–Crippen MR) is 256 cm³/mol. The van der Waals surface area contributed by atoms with Gasteiger partial charge in [-0.2, -0.15) is 17.2 Å². The summed E-state index contributed by atoms with van der Waals surface area (Å²) in [6.45, 7) is -5.74. The third-order valence-corrected chi connectivity index (χ3v) is 18.8. The van der Waals surface area contributed by atoms with E-state index in [1.165, 1.54) is 84.9 Å². The van der Waals surface area contributed by atoms with Crippen LogP contribution in [0.15, 0.2) is 153 Å². The number of fused-ring (bicyclic) bond motifs is 4. The third kappa shape index (κ3) is 11.5. The van der Waals surface area contributed by atoms with Gasteiger partial charge in [0.2, 0.25) is 30.1 Å². The number of pyridine rings is 2. The van der Waals surface area contributed by atoms with E-state index in [2.05, 4.69) is 9.97 Å². The van der Waals surface area contributed by atoms with E-state index in [9.17, 15) is 74.1 Å². The van der Waals surface area contributed by atoms with Gasteiger partial charge in [-0.25, -0.2) is 33.7 Å². The Balaban J connectivity index is 1.43. The molecule has 26 nitrogen and oxygen atoms in total. The first-order chi connectivity index (χ1) is 34.5. The molecule has 0 saturated heterocycles. The number of nitro groups is 4. The Morgan fingerprint density at radius 1 is 0.329 bits per heavy atom. The Hall–Kier alpha value is -7.58. The fraction of sp³-hybridized carbons (Fsp3) is 0.209. The van der Waals surface area contributed by atoms with Gasteiger partial charge in [0.15, 0.2) is 19.6 Å². The Labute approximate surface area is 416 Å². The van der Waals surface area contributed by atoms with Crippen LogP contribution in [0.4, 0.5) is 22.7 Å². The molecule has 0 spiro atoms. The highest BCUT2D eigenvalue weighted by Gasteiger charge is 2.38. The summed E-state index contributed by atoms with van der Waals surface area (Å²) in [4.78, 5) is 50.8. The summed E-state index contributed by atoms with van der Waals surface area (Å²) >= 11 is 0. The van der Waals surface area contributed by atoms with Crippen molar-refractivity contribution in [1.82, 2.24) is 27.2 Å². The molecule has 30 heteroatoms. The SMILES string of the molecule is O=[N+]([O-])c1ccccc1S(=O)(=O)N1CCCN(S(=O)(=O)c2ccccc2[N+](=O)[O-])Cc2cccc(n2)CN(S(=O)(=O)c2ccccc2[N+](=O)[O-])Cc2cccc(n2)CN(S(=O)(=O)c2ccccc2[N+](=O)[O-])CC1. The Kier molecular flexibility index (Phi) is 15.8. The molecule has 0 fully saturated rings. The Bertz CT molecular complexity index is 3610. The lowest BCUT2D eigenvalue weighted by Gasteiger charge is -2.28. The molecule has 0 atom stereocenters. The summed E-state index contributed by atoms with van der Waals surface area (Å²) in [5.41, 5.74) is -3.62. The maximum Gasteiger partial charge on any atom is 0.289 e. The smallest absolute Gasteiger partial charge is 0.258 e. The van der Waals surface area contributed by atoms with Crippen LogP contribution in [-0.2, 0) is 66.3 Å². The van der Waals surface area contributed by atoms with Crippen molar-refractivity contribution in [3.63, 3.8) is 0 Å². The third-order valence-electron chi connectivity index (χ3n) is 11.2. The highest BCUT2D eigenvalue weighted by Crippen LogP contribution is 2.33. The fourth-order valence-corrected chi connectivity index (χ4v) is 14.1. The molecule has 0 N–H and O–H groups in total. The van der Waals surface area contributed by atoms with Crippen molar-refractivity contribution < 1.29 is 53.4 Å². The number of para-hydroxylation sites is 4. The second-order valence-corrected chi connectivity index (χ2v) is 23.5. The van der Waals surface area contributed by atoms with Gasteiger partial charge in [0.05, 0.1) is 68.6 Å². The maximum atomic E-state index is 14.7. The minimum Gasteiger partial charge on any atom is -0.258 e. The van der Waals surface area contributed by atoms with Gasteiger partial charge in [-0.3, -0.25) is 50.4 Å². The molecule has 4 aromatic carbocycles. The minimum absolute atomic E-state index is 0.0415. The molecule has 73 heavy (non-hydrogen) atoms. The monoisotopic (exact) mass is 1080 g/mol. The molecule has 4 bridgehead atoms. The zero-order valence-corrected chi connectivity index (χ0v) is 41.0. The number of benzene rings is 4. The zero-order valence-electron chi connectivity index (χ0n) is 37.7. The lowest BCUT2D eigenvalue weighted by atomic mass is 10.2. The number of rotatable bonds is 12. The van der Waals surface area contributed by atoms with Gasteiger partial charge in [-0.05, 0) is 55.0 Å². The van der Waals surface area contributed by atoms with Crippen LogP contribution in [0, 0.1) is 40.5 Å². The summed E-state index contributed by atoms with van der Waals surface area (Å²) in [5, 5.41) is 48.7. The van der Waals surface area contributed by atoms with E-state index in [0.29, 0.717) is 8.61 Å². The standard InChI is InChI=1S/C43H40N10O16S4/c54-50(55)36-16-1-5-20-40(36)70(62,63)46-24-11-25-47(71(64,65)41-21-6-2-17-37(41)51(56)57)28-32-12-9-14-34(44-32)30-49(73(68,69)43-23-8-4-19-39(43)53(60)61)31-35-15-10-13-33(45-35)29-48(27-26-46)72(66,67)42-22-7-3-18-38(42)52(58)59/h1-10,12-23H,11,24-31H2. The molecule has 3 heterocycles.